The van der Waals surface area contributed by atoms with Gasteiger partial charge in [0.2, 0.25) is 0 Å². The highest BCUT2D eigenvalue weighted by Crippen LogP contribution is 2.28. The lowest BCUT2D eigenvalue weighted by Gasteiger charge is -2.37. The second-order valence-electron chi connectivity index (χ2n) is 6.73. The maximum atomic E-state index is 12.4. The third kappa shape index (κ3) is 5.09. The van der Waals surface area contributed by atoms with E-state index in [1.54, 1.807) is 14.0 Å². The lowest BCUT2D eigenvalue weighted by Crippen LogP contribution is -2.46. The van der Waals surface area contributed by atoms with Gasteiger partial charge in [-0.1, -0.05) is 19.1 Å². The van der Waals surface area contributed by atoms with Crippen molar-refractivity contribution in [3.63, 3.8) is 0 Å². The van der Waals surface area contributed by atoms with Crippen LogP contribution >= 0.6 is 0 Å². The molecule has 1 aliphatic rings. The van der Waals surface area contributed by atoms with Crippen molar-refractivity contribution in [2.24, 2.45) is 5.92 Å². The van der Waals surface area contributed by atoms with E-state index in [2.05, 4.69) is 10.2 Å². The molecule has 7 heteroatoms. The van der Waals surface area contributed by atoms with E-state index in [0.29, 0.717) is 5.69 Å². The Bertz CT molecular complexity index is 612. The number of nitrogens with zero attached hydrogens (tertiary/aromatic N) is 2. The summed E-state index contributed by atoms with van der Waals surface area (Å²) in [5.41, 5.74) is 1.65. The third-order valence-electron chi connectivity index (χ3n) is 4.22. The molecule has 3 unspecified atom stereocenters. The molecule has 0 aliphatic carbocycles. The van der Waals surface area contributed by atoms with Crippen LogP contribution in [-0.4, -0.2) is 60.9 Å². The number of urea groups is 1. The Morgan fingerprint density at radius 2 is 1.92 bits per heavy atom. The first-order chi connectivity index (χ1) is 11.8. The number of benzene rings is 1. The van der Waals surface area contributed by atoms with Crippen LogP contribution in [0.3, 0.4) is 0 Å². The summed E-state index contributed by atoms with van der Waals surface area (Å²) in [6.45, 7) is 7.30. The summed E-state index contributed by atoms with van der Waals surface area (Å²) in [5.74, 6) is -1.54. The van der Waals surface area contributed by atoms with E-state index < -0.39 is 11.9 Å². The summed E-state index contributed by atoms with van der Waals surface area (Å²) in [6, 6.07) is 7.31. The van der Waals surface area contributed by atoms with Gasteiger partial charge in [0.05, 0.1) is 29.5 Å². The average Bonchev–Trinajstić information content (AvgIpc) is 2.54. The molecule has 1 heterocycles. The molecule has 25 heavy (non-hydrogen) atoms. The highest BCUT2D eigenvalue weighted by molar-refractivity contribution is 5.93. The summed E-state index contributed by atoms with van der Waals surface area (Å²) in [4.78, 5) is 27.0. The Kier molecular flexibility index (Phi) is 6.25. The topological polar surface area (TPSA) is 82.1 Å². The number of hydrogen-bond acceptors (Lipinski definition) is 4. The predicted molar refractivity (Wildman–Crippen MR) is 97.1 cm³/mol. The number of anilines is 2. The number of carboxylic acid groups (broad SMARTS) is 1. The second kappa shape index (κ2) is 8.20. The molecule has 1 aliphatic heterocycles. The SMILES string of the molecule is CC1CN(c2ccccc2NC(=O)N(C)CC(C)C(=O)O)CC(C)O1. The van der Waals surface area contributed by atoms with E-state index in [9.17, 15) is 9.59 Å². The number of hydrogen-bond donors (Lipinski definition) is 2. The normalized spacial score (nSPS) is 21.5. The molecule has 1 aromatic carbocycles. The van der Waals surface area contributed by atoms with Gasteiger partial charge < -0.3 is 25.0 Å². The van der Waals surface area contributed by atoms with Gasteiger partial charge in [-0.2, -0.15) is 0 Å². The van der Waals surface area contributed by atoms with Crippen molar-refractivity contribution in [1.29, 1.82) is 0 Å². The summed E-state index contributed by atoms with van der Waals surface area (Å²) in [7, 11) is 1.59. The highest BCUT2D eigenvalue weighted by atomic mass is 16.5. The molecular weight excluding hydrogens is 322 g/mol. The van der Waals surface area contributed by atoms with Gasteiger partial charge in [0, 0.05) is 26.7 Å². The zero-order valence-electron chi connectivity index (χ0n) is 15.2. The first kappa shape index (κ1) is 19.1. The molecule has 1 saturated heterocycles. The zero-order chi connectivity index (χ0) is 18.6. The lowest BCUT2D eigenvalue weighted by molar-refractivity contribution is -0.141. The molecule has 2 amide bonds. The van der Waals surface area contributed by atoms with Crippen LogP contribution in [0.2, 0.25) is 0 Å². The number of morpholine rings is 1. The van der Waals surface area contributed by atoms with Crippen molar-refractivity contribution in [2.45, 2.75) is 33.0 Å². The van der Waals surface area contributed by atoms with Gasteiger partial charge in [-0.3, -0.25) is 4.79 Å². The second-order valence-corrected chi connectivity index (χ2v) is 6.73. The van der Waals surface area contributed by atoms with Crippen molar-refractivity contribution < 1.29 is 19.4 Å². The summed E-state index contributed by atoms with van der Waals surface area (Å²) in [5, 5.41) is 11.9. The van der Waals surface area contributed by atoms with E-state index in [4.69, 9.17) is 9.84 Å². The number of para-hydroxylation sites is 2. The summed E-state index contributed by atoms with van der Waals surface area (Å²) in [6.07, 6.45) is 0.234. The molecule has 0 spiro atoms. The van der Waals surface area contributed by atoms with Crippen molar-refractivity contribution >= 4 is 23.4 Å². The molecule has 2 N–H and O–H groups in total. The van der Waals surface area contributed by atoms with Gasteiger partial charge in [0.1, 0.15) is 0 Å². The van der Waals surface area contributed by atoms with Crippen molar-refractivity contribution in [1.82, 2.24) is 4.90 Å². The fourth-order valence-corrected chi connectivity index (χ4v) is 3.01. The standard InChI is InChI=1S/C18H27N3O4/c1-12(17(22)23)9-20(4)18(24)19-15-7-5-6-8-16(15)21-10-13(2)25-14(3)11-21/h5-8,12-14H,9-11H2,1-4H3,(H,19,24)(H,22,23). The van der Waals surface area contributed by atoms with Crippen LogP contribution < -0.4 is 10.2 Å². The fraction of sp³-hybridized carbons (Fsp3) is 0.556. The highest BCUT2D eigenvalue weighted by Gasteiger charge is 2.25. The Labute approximate surface area is 148 Å². The molecule has 0 bridgehead atoms. The first-order valence-corrected chi connectivity index (χ1v) is 8.52. The van der Waals surface area contributed by atoms with E-state index in [-0.39, 0.29) is 24.8 Å². The number of carbonyl (C=O) groups excluding carboxylic acids is 1. The van der Waals surface area contributed by atoms with Crippen LogP contribution in [0.1, 0.15) is 20.8 Å². The predicted octanol–water partition coefficient (Wildman–Crippen LogP) is 2.48. The quantitative estimate of drug-likeness (QED) is 0.853. The number of amides is 2. The van der Waals surface area contributed by atoms with Crippen LogP contribution in [0.5, 0.6) is 0 Å². The number of ether oxygens (including phenoxy) is 1. The molecule has 0 aromatic heterocycles. The molecular formula is C18H27N3O4. The third-order valence-corrected chi connectivity index (χ3v) is 4.22. The van der Waals surface area contributed by atoms with Crippen LogP contribution in [0, 0.1) is 5.92 Å². The maximum Gasteiger partial charge on any atom is 0.321 e. The van der Waals surface area contributed by atoms with Gasteiger partial charge in [-0.25, -0.2) is 4.79 Å². The molecule has 1 aromatic rings. The summed E-state index contributed by atoms with van der Waals surface area (Å²) < 4.78 is 5.77. The Morgan fingerprint density at radius 1 is 1.32 bits per heavy atom. The molecule has 2 rings (SSSR count). The van der Waals surface area contributed by atoms with Crippen molar-refractivity contribution in [2.75, 3.05) is 36.9 Å². The molecule has 138 valence electrons. The molecule has 0 radical (unpaired) electrons. The van der Waals surface area contributed by atoms with Gasteiger partial charge in [0.15, 0.2) is 0 Å². The average molecular weight is 349 g/mol. The van der Waals surface area contributed by atoms with Gasteiger partial charge >= 0.3 is 12.0 Å². The minimum absolute atomic E-state index is 0.117. The minimum atomic E-state index is -0.920. The van der Waals surface area contributed by atoms with E-state index in [1.165, 1.54) is 4.90 Å². The minimum Gasteiger partial charge on any atom is -0.481 e. The molecule has 0 saturated carbocycles. The van der Waals surface area contributed by atoms with Crippen LogP contribution in [0.15, 0.2) is 24.3 Å². The number of carbonyl (C=O) groups is 2. The number of nitrogens with one attached hydrogen (secondary N) is 1. The fourth-order valence-electron chi connectivity index (χ4n) is 3.01. The van der Waals surface area contributed by atoms with Gasteiger partial charge in [-0.05, 0) is 26.0 Å². The van der Waals surface area contributed by atoms with Crippen LogP contribution in [0.25, 0.3) is 0 Å². The zero-order valence-corrected chi connectivity index (χ0v) is 15.2. The lowest BCUT2D eigenvalue weighted by atomic mass is 10.1. The van der Waals surface area contributed by atoms with E-state index in [1.807, 2.05) is 38.1 Å². The van der Waals surface area contributed by atoms with Crippen molar-refractivity contribution in [3.05, 3.63) is 24.3 Å². The number of rotatable bonds is 5. The Balaban J connectivity index is 2.10. The first-order valence-electron chi connectivity index (χ1n) is 8.52. The monoisotopic (exact) mass is 349 g/mol. The molecule has 7 nitrogen and oxygen atoms in total. The van der Waals surface area contributed by atoms with Crippen molar-refractivity contribution in [3.8, 4) is 0 Å². The van der Waals surface area contributed by atoms with E-state index >= 15 is 0 Å². The smallest absolute Gasteiger partial charge is 0.321 e. The van der Waals surface area contributed by atoms with Crippen LogP contribution in [-0.2, 0) is 9.53 Å². The Hall–Kier alpha value is -2.28. The van der Waals surface area contributed by atoms with Crippen LogP contribution in [0.4, 0.5) is 16.2 Å². The van der Waals surface area contributed by atoms with Gasteiger partial charge in [-0.15, -0.1) is 0 Å². The largest absolute Gasteiger partial charge is 0.481 e. The maximum absolute atomic E-state index is 12.4. The van der Waals surface area contributed by atoms with Gasteiger partial charge in [0.25, 0.3) is 0 Å². The van der Waals surface area contributed by atoms with E-state index in [0.717, 1.165) is 18.8 Å². The number of carboxylic acids is 1. The molecule has 1 fully saturated rings. The molecule has 3 atom stereocenters. The summed E-state index contributed by atoms with van der Waals surface area (Å²) >= 11 is 0. The Morgan fingerprint density at radius 3 is 2.52 bits per heavy atom. The number of aliphatic carboxylic acids is 1.